The summed E-state index contributed by atoms with van der Waals surface area (Å²) in [5.41, 5.74) is 8.50. The van der Waals surface area contributed by atoms with E-state index in [1.54, 1.807) is 0 Å². The molecule has 1 aliphatic rings. The molecule has 0 spiro atoms. The van der Waals surface area contributed by atoms with Gasteiger partial charge in [0.05, 0.1) is 0 Å². The summed E-state index contributed by atoms with van der Waals surface area (Å²) in [5.74, 6) is 2.14. The summed E-state index contributed by atoms with van der Waals surface area (Å²) >= 11 is 2.07. The third kappa shape index (κ3) is 67.6. The van der Waals surface area contributed by atoms with Crippen LogP contribution in [0.2, 0.25) is 0 Å². The molecule has 0 saturated carbocycles. The highest BCUT2D eigenvalue weighted by Gasteiger charge is 1.95. The number of hydrogen-bond donors (Lipinski definition) is 3. The van der Waals surface area contributed by atoms with E-state index in [4.69, 9.17) is 9.90 Å². The van der Waals surface area contributed by atoms with Crippen LogP contribution in [-0.2, 0) is 4.79 Å². The lowest BCUT2D eigenvalue weighted by Crippen LogP contribution is -2.18. The number of aliphatic carboxylic acids is 1. The van der Waals surface area contributed by atoms with Crippen molar-refractivity contribution in [3.05, 3.63) is 0 Å². The molecule has 6 heteroatoms. The Kier molecular flexibility index (Phi) is 42.3. The number of unbranched alkanes of at least 4 members (excludes halogenated alkanes) is 1. The number of thioether (sulfide) groups is 1. The Bertz CT molecular complexity index is 176. The molecule has 124 valence electrons. The molecule has 0 aromatic carbocycles. The van der Waals surface area contributed by atoms with Gasteiger partial charge in [0.25, 0.3) is 0 Å². The summed E-state index contributed by atoms with van der Waals surface area (Å²) < 4.78 is 0. The third-order valence-electron chi connectivity index (χ3n) is 1.57. The van der Waals surface area contributed by atoms with Crippen LogP contribution in [0, 0.1) is 0 Å². The molecule has 0 aromatic heterocycles. The van der Waals surface area contributed by atoms with Crippen LogP contribution in [0.15, 0.2) is 0 Å². The predicted octanol–water partition coefficient (Wildman–Crippen LogP) is 3.85. The monoisotopic (exact) mass is 310 g/mol. The molecule has 2 amide bonds. The number of hydrogen-bond acceptors (Lipinski definition) is 3. The summed E-state index contributed by atoms with van der Waals surface area (Å²) in [6.45, 7) is 9.98. The van der Waals surface area contributed by atoms with Gasteiger partial charge in [0.1, 0.15) is 0 Å². The lowest BCUT2D eigenvalue weighted by atomic mass is 10.3. The van der Waals surface area contributed by atoms with Gasteiger partial charge in [-0.3, -0.25) is 4.79 Å². The van der Waals surface area contributed by atoms with Crippen molar-refractivity contribution >= 4 is 23.8 Å². The Balaban J connectivity index is -0.0000000875. The Morgan fingerprint density at radius 3 is 1.50 bits per heavy atom. The van der Waals surface area contributed by atoms with Crippen molar-refractivity contribution < 1.29 is 14.7 Å². The van der Waals surface area contributed by atoms with Gasteiger partial charge in [0.2, 0.25) is 0 Å². The lowest BCUT2D eigenvalue weighted by Gasteiger charge is -1.85. The molecular weight excluding hydrogens is 276 g/mol. The summed E-state index contributed by atoms with van der Waals surface area (Å²) in [6.07, 6.45) is 5.01. The molecule has 5 N–H and O–H groups in total. The normalized spacial score (nSPS) is 10.8. The Morgan fingerprint density at radius 1 is 1.05 bits per heavy atom. The molecule has 1 fully saturated rings. The number of carboxylic acids is 1. The summed E-state index contributed by atoms with van der Waals surface area (Å²) in [7, 11) is 0. The molecule has 1 heterocycles. The maximum Gasteiger partial charge on any atom is 0.309 e. The van der Waals surface area contributed by atoms with Crippen molar-refractivity contribution in [2.45, 2.75) is 66.7 Å². The fourth-order valence-electron chi connectivity index (χ4n) is 0.838. The van der Waals surface area contributed by atoms with Gasteiger partial charge in [0.15, 0.2) is 0 Å². The number of carbonyl (C=O) groups is 2. The molecule has 0 atom stereocenters. The Morgan fingerprint density at radius 2 is 1.40 bits per heavy atom. The molecular formula is C14H34N2O3S. The van der Waals surface area contributed by atoms with E-state index in [2.05, 4.69) is 23.2 Å². The molecule has 1 rings (SSSR count). The average molecular weight is 311 g/mol. The largest absolute Gasteiger partial charge is 0.481 e. The van der Waals surface area contributed by atoms with Crippen LogP contribution in [0.25, 0.3) is 0 Å². The van der Waals surface area contributed by atoms with E-state index in [9.17, 15) is 4.79 Å². The third-order valence-corrected chi connectivity index (χ3v) is 2.73. The van der Waals surface area contributed by atoms with Crippen LogP contribution >= 0.6 is 11.8 Å². The Hall–Kier alpha value is -0.910. The zero-order chi connectivity index (χ0) is 16.8. The topological polar surface area (TPSA) is 106 Å². The van der Waals surface area contributed by atoms with Crippen LogP contribution in [0.4, 0.5) is 4.79 Å². The summed E-state index contributed by atoms with van der Waals surface area (Å²) in [6, 6.07) is -0.833. The molecule has 0 bridgehead atoms. The van der Waals surface area contributed by atoms with Crippen molar-refractivity contribution in [3.63, 3.8) is 0 Å². The minimum absolute atomic E-state index is 0.316. The molecule has 1 aliphatic heterocycles. The first-order chi connectivity index (χ1) is 9.50. The van der Waals surface area contributed by atoms with Gasteiger partial charge in [0, 0.05) is 6.42 Å². The van der Waals surface area contributed by atoms with E-state index in [0.717, 1.165) is 12.8 Å². The molecule has 0 aliphatic carbocycles. The maximum atomic E-state index is 9.76. The number of urea groups is 1. The van der Waals surface area contributed by atoms with Crippen LogP contribution in [0.1, 0.15) is 66.7 Å². The molecule has 0 unspecified atom stereocenters. The van der Waals surface area contributed by atoms with Crippen molar-refractivity contribution in [1.82, 2.24) is 0 Å². The van der Waals surface area contributed by atoms with Crippen molar-refractivity contribution in [2.75, 3.05) is 11.5 Å². The fourth-order valence-corrected chi connectivity index (χ4v) is 1.86. The van der Waals surface area contributed by atoms with Crippen LogP contribution < -0.4 is 11.5 Å². The number of carbonyl (C=O) groups excluding carboxylic acids is 1. The fraction of sp³-hybridized carbons (Fsp3) is 0.857. The standard InChI is InChI=1S/C5H10O2.C4H8S.2C2H6.CH4N2O/c1-2-3-4-5(6)7;1-2-4-5-3-1;2*1-2;2-1(3)4/h2-4H2,1H3,(H,6,7);1-4H2;2*1-2H3;(H4,2,3,4). The molecule has 0 radical (unpaired) electrons. The number of rotatable bonds is 3. The molecule has 1 saturated heterocycles. The Labute approximate surface area is 128 Å². The van der Waals surface area contributed by atoms with Gasteiger partial charge < -0.3 is 16.6 Å². The van der Waals surface area contributed by atoms with Gasteiger partial charge in [-0.05, 0) is 30.8 Å². The minimum Gasteiger partial charge on any atom is -0.481 e. The van der Waals surface area contributed by atoms with Gasteiger partial charge in [-0.15, -0.1) is 0 Å². The molecule has 0 aromatic rings. The van der Waals surface area contributed by atoms with Crippen molar-refractivity contribution in [2.24, 2.45) is 11.5 Å². The van der Waals surface area contributed by atoms with E-state index < -0.39 is 12.0 Å². The van der Waals surface area contributed by atoms with Gasteiger partial charge >= 0.3 is 12.0 Å². The number of primary amides is 2. The second kappa shape index (κ2) is 30.8. The van der Waals surface area contributed by atoms with Gasteiger partial charge in [-0.2, -0.15) is 11.8 Å². The number of nitrogens with two attached hydrogens (primary N) is 2. The lowest BCUT2D eigenvalue weighted by molar-refractivity contribution is -0.137. The highest BCUT2D eigenvalue weighted by molar-refractivity contribution is 7.99. The first kappa shape index (κ1) is 27.4. The maximum absolute atomic E-state index is 9.76. The highest BCUT2D eigenvalue weighted by atomic mass is 32.2. The summed E-state index contributed by atoms with van der Waals surface area (Å²) in [5, 5.41) is 8.04. The zero-order valence-electron chi connectivity index (χ0n) is 13.8. The van der Waals surface area contributed by atoms with E-state index in [-0.39, 0.29) is 0 Å². The predicted molar refractivity (Wildman–Crippen MR) is 90.2 cm³/mol. The minimum atomic E-state index is -0.833. The van der Waals surface area contributed by atoms with Crippen LogP contribution in [0.3, 0.4) is 0 Å². The average Bonchev–Trinajstić information content (AvgIpc) is 2.99. The van der Waals surface area contributed by atoms with E-state index >= 15 is 0 Å². The second-order valence-electron chi connectivity index (χ2n) is 3.22. The second-order valence-corrected chi connectivity index (χ2v) is 4.44. The van der Waals surface area contributed by atoms with Crippen LogP contribution in [0.5, 0.6) is 0 Å². The SMILES string of the molecule is C1CCSC1.CC.CC.CCCCC(=O)O.NC(N)=O. The van der Waals surface area contributed by atoms with Crippen LogP contribution in [-0.4, -0.2) is 28.6 Å². The van der Waals surface area contributed by atoms with Gasteiger partial charge in [-0.1, -0.05) is 41.0 Å². The first-order valence-electron chi connectivity index (χ1n) is 7.35. The smallest absolute Gasteiger partial charge is 0.309 e. The van der Waals surface area contributed by atoms with E-state index in [0.29, 0.717) is 6.42 Å². The first-order valence-corrected chi connectivity index (χ1v) is 8.50. The van der Waals surface area contributed by atoms with E-state index in [1.165, 1.54) is 24.3 Å². The number of amides is 2. The molecule has 20 heavy (non-hydrogen) atoms. The van der Waals surface area contributed by atoms with E-state index in [1.807, 2.05) is 34.6 Å². The number of carboxylic acid groups (broad SMARTS) is 1. The zero-order valence-corrected chi connectivity index (χ0v) is 14.6. The quantitative estimate of drug-likeness (QED) is 0.736. The molecule has 5 nitrogen and oxygen atoms in total. The summed E-state index contributed by atoms with van der Waals surface area (Å²) in [4.78, 5) is 18.8. The van der Waals surface area contributed by atoms with Gasteiger partial charge in [-0.25, -0.2) is 4.79 Å². The van der Waals surface area contributed by atoms with Crippen molar-refractivity contribution in [3.8, 4) is 0 Å². The van der Waals surface area contributed by atoms with Crippen molar-refractivity contribution in [1.29, 1.82) is 0 Å². The highest BCUT2D eigenvalue weighted by Crippen LogP contribution is 2.14.